The van der Waals surface area contributed by atoms with Crippen molar-refractivity contribution in [3.05, 3.63) is 35.0 Å². The Morgan fingerprint density at radius 3 is 2.81 bits per heavy atom. The molecule has 0 spiro atoms. The van der Waals surface area contributed by atoms with Gasteiger partial charge in [-0.05, 0) is 12.1 Å². The molecule has 2 aromatic rings. The first-order valence-electron chi connectivity index (χ1n) is 6.80. The molecule has 2 rings (SSSR count). The van der Waals surface area contributed by atoms with Crippen LogP contribution in [-0.4, -0.2) is 32.2 Å². The Bertz CT molecular complexity index is 645. The molecule has 1 aromatic carbocycles. The summed E-state index contributed by atoms with van der Waals surface area (Å²) in [6.07, 6.45) is 0.981. The van der Waals surface area contributed by atoms with Crippen molar-refractivity contribution in [2.24, 2.45) is 0 Å². The molecule has 0 saturated heterocycles. The van der Waals surface area contributed by atoms with Crippen LogP contribution < -0.4 is 10.2 Å². The van der Waals surface area contributed by atoms with E-state index < -0.39 is 0 Å². The van der Waals surface area contributed by atoms with Gasteiger partial charge in [0.25, 0.3) is 0 Å². The molecule has 0 radical (unpaired) electrons. The Kier molecular flexibility index (Phi) is 5.20. The van der Waals surface area contributed by atoms with E-state index in [4.69, 9.17) is 21.3 Å². The molecule has 0 unspecified atom stereocenters. The van der Waals surface area contributed by atoms with Gasteiger partial charge in [0.15, 0.2) is 0 Å². The lowest BCUT2D eigenvalue weighted by molar-refractivity contribution is -0.858. The van der Waals surface area contributed by atoms with Crippen LogP contribution in [0.15, 0.2) is 28.7 Å². The molecule has 1 aromatic heterocycles. The molecule has 0 aliphatic heterocycles. The fourth-order valence-corrected chi connectivity index (χ4v) is 2.13. The van der Waals surface area contributed by atoms with Crippen LogP contribution in [0.4, 0.5) is 5.88 Å². The second-order valence-electron chi connectivity index (χ2n) is 5.03. The Balaban J connectivity index is 2.13. The van der Waals surface area contributed by atoms with Gasteiger partial charge in [0.1, 0.15) is 6.07 Å². The van der Waals surface area contributed by atoms with E-state index in [-0.39, 0.29) is 5.69 Å². The molecule has 0 saturated carbocycles. The van der Waals surface area contributed by atoms with Crippen LogP contribution in [0.3, 0.4) is 0 Å². The maximum Gasteiger partial charge on any atom is 0.232 e. The molecule has 0 fully saturated rings. The monoisotopic (exact) mass is 305 g/mol. The average Bonchev–Trinajstić information content (AvgIpc) is 2.87. The molecule has 0 bridgehead atoms. The molecular formula is C15H18ClN4O+. The number of nitriles is 1. The number of anilines is 1. The zero-order chi connectivity index (χ0) is 15.2. The van der Waals surface area contributed by atoms with Crippen molar-refractivity contribution in [1.82, 2.24) is 4.98 Å². The Labute approximate surface area is 129 Å². The SMILES string of the molecule is C[NH+](C)CCCNc1oc(-c2ccccc2Cl)nc1C#N. The molecule has 110 valence electrons. The third-order valence-electron chi connectivity index (χ3n) is 2.98. The van der Waals surface area contributed by atoms with Gasteiger partial charge in [-0.3, -0.25) is 0 Å². The van der Waals surface area contributed by atoms with Crippen LogP contribution >= 0.6 is 11.6 Å². The molecule has 0 amide bonds. The topological polar surface area (TPSA) is 66.3 Å². The number of aromatic nitrogens is 1. The van der Waals surface area contributed by atoms with Crippen molar-refractivity contribution < 1.29 is 9.32 Å². The molecule has 0 aliphatic rings. The Morgan fingerprint density at radius 2 is 2.14 bits per heavy atom. The third-order valence-corrected chi connectivity index (χ3v) is 3.31. The number of halogens is 1. The minimum absolute atomic E-state index is 0.252. The average molecular weight is 306 g/mol. The first-order chi connectivity index (χ1) is 10.1. The van der Waals surface area contributed by atoms with Crippen molar-refractivity contribution in [2.75, 3.05) is 32.5 Å². The van der Waals surface area contributed by atoms with Crippen LogP contribution in [0.5, 0.6) is 0 Å². The van der Waals surface area contributed by atoms with Crippen molar-refractivity contribution in [3.8, 4) is 17.5 Å². The van der Waals surface area contributed by atoms with Gasteiger partial charge in [0, 0.05) is 13.0 Å². The summed E-state index contributed by atoms with van der Waals surface area (Å²) in [6, 6.07) is 9.30. The summed E-state index contributed by atoms with van der Waals surface area (Å²) in [5, 5.41) is 12.8. The number of hydrogen-bond donors (Lipinski definition) is 2. The molecule has 0 aliphatic carbocycles. The minimum Gasteiger partial charge on any atom is -0.419 e. The van der Waals surface area contributed by atoms with E-state index in [1.165, 1.54) is 4.90 Å². The maximum atomic E-state index is 9.14. The van der Waals surface area contributed by atoms with Crippen molar-refractivity contribution >= 4 is 17.5 Å². The third kappa shape index (κ3) is 3.97. The van der Waals surface area contributed by atoms with E-state index >= 15 is 0 Å². The van der Waals surface area contributed by atoms with E-state index in [1.807, 2.05) is 24.3 Å². The molecule has 6 heteroatoms. The first-order valence-corrected chi connectivity index (χ1v) is 7.18. The van der Waals surface area contributed by atoms with E-state index in [0.29, 0.717) is 22.4 Å². The van der Waals surface area contributed by atoms with Gasteiger partial charge in [-0.1, -0.05) is 23.7 Å². The second kappa shape index (κ2) is 7.11. The quantitative estimate of drug-likeness (QED) is 0.799. The lowest BCUT2D eigenvalue weighted by Crippen LogP contribution is -3.05. The zero-order valence-corrected chi connectivity index (χ0v) is 12.9. The minimum atomic E-state index is 0.252. The number of quaternary nitrogens is 1. The van der Waals surface area contributed by atoms with E-state index in [1.54, 1.807) is 6.07 Å². The number of hydrogen-bond acceptors (Lipinski definition) is 4. The van der Waals surface area contributed by atoms with Crippen LogP contribution in [0, 0.1) is 11.3 Å². The second-order valence-corrected chi connectivity index (χ2v) is 5.43. The summed E-state index contributed by atoms with van der Waals surface area (Å²) in [5.74, 6) is 0.763. The van der Waals surface area contributed by atoms with Gasteiger partial charge in [-0.2, -0.15) is 10.2 Å². The highest BCUT2D eigenvalue weighted by Gasteiger charge is 2.15. The normalized spacial score (nSPS) is 10.6. The van der Waals surface area contributed by atoms with E-state index in [9.17, 15) is 0 Å². The standard InChI is InChI=1S/C15H17ClN4O/c1-20(2)9-5-8-18-15-13(10-17)19-14(21-15)11-6-3-4-7-12(11)16/h3-4,6-7,18H,5,8-9H2,1-2H3/p+1. The molecule has 1 heterocycles. The number of rotatable bonds is 6. The largest absolute Gasteiger partial charge is 0.419 e. The fourth-order valence-electron chi connectivity index (χ4n) is 1.91. The van der Waals surface area contributed by atoms with E-state index in [0.717, 1.165) is 19.5 Å². The van der Waals surface area contributed by atoms with Crippen LogP contribution in [0.1, 0.15) is 12.1 Å². The number of oxazole rings is 1. The lowest BCUT2D eigenvalue weighted by Gasteiger charge is -2.07. The highest BCUT2D eigenvalue weighted by Crippen LogP contribution is 2.30. The number of nitrogens with zero attached hydrogens (tertiary/aromatic N) is 2. The fraction of sp³-hybridized carbons (Fsp3) is 0.333. The van der Waals surface area contributed by atoms with Gasteiger partial charge in [-0.25, -0.2) is 0 Å². The van der Waals surface area contributed by atoms with Crippen LogP contribution in [0.25, 0.3) is 11.5 Å². The Hall–Kier alpha value is -2.03. The summed E-state index contributed by atoms with van der Waals surface area (Å²) in [7, 11) is 4.20. The van der Waals surface area contributed by atoms with Crippen molar-refractivity contribution in [2.45, 2.75) is 6.42 Å². The van der Waals surface area contributed by atoms with Crippen molar-refractivity contribution in [1.29, 1.82) is 5.26 Å². The lowest BCUT2D eigenvalue weighted by atomic mass is 10.2. The van der Waals surface area contributed by atoms with Gasteiger partial charge < -0.3 is 14.6 Å². The molecule has 0 atom stereocenters. The smallest absolute Gasteiger partial charge is 0.232 e. The molecule has 2 N–H and O–H groups in total. The van der Waals surface area contributed by atoms with Crippen LogP contribution in [-0.2, 0) is 0 Å². The van der Waals surface area contributed by atoms with Crippen molar-refractivity contribution in [3.63, 3.8) is 0 Å². The van der Waals surface area contributed by atoms with Gasteiger partial charge in [0.05, 0.1) is 31.2 Å². The number of benzene rings is 1. The predicted octanol–water partition coefficient (Wildman–Crippen LogP) is 1.81. The summed E-state index contributed by atoms with van der Waals surface area (Å²) >= 11 is 6.12. The summed E-state index contributed by atoms with van der Waals surface area (Å²) in [5.41, 5.74) is 0.934. The maximum absolute atomic E-state index is 9.14. The summed E-state index contributed by atoms with van der Waals surface area (Å²) in [6.45, 7) is 1.78. The summed E-state index contributed by atoms with van der Waals surface area (Å²) in [4.78, 5) is 5.57. The van der Waals surface area contributed by atoms with Gasteiger partial charge in [0.2, 0.25) is 17.5 Å². The van der Waals surface area contributed by atoms with Gasteiger partial charge >= 0.3 is 0 Å². The molecule has 5 nitrogen and oxygen atoms in total. The predicted molar refractivity (Wildman–Crippen MR) is 82.4 cm³/mol. The number of nitrogens with one attached hydrogen (secondary N) is 2. The highest BCUT2D eigenvalue weighted by atomic mass is 35.5. The molecule has 21 heavy (non-hydrogen) atoms. The Morgan fingerprint density at radius 1 is 1.38 bits per heavy atom. The van der Waals surface area contributed by atoms with Crippen LogP contribution in [0.2, 0.25) is 5.02 Å². The van der Waals surface area contributed by atoms with Gasteiger partial charge in [-0.15, -0.1) is 0 Å². The zero-order valence-electron chi connectivity index (χ0n) is 12.1. The molecular weight excluding hydrogens is 288 g/mol. The van der Waals surface area contributed by atoms with E-state index in [2.05, 4.69) is 24.4 Å². The summed E-state index contributed by atoms with van der Waals surface area (Å²) < 4.78 is 5.64. The highest BCUT2D eigenvalue weighted by molar-refractivity contribution is 6.33. The first kappa shape index (κ1) is 15.4.